The fourth-order valence-corrected chi connectivity index (χ4v) is 3.98. The largest absolute Gasteiger partial charge is 0.364 e. The van der Waals surface area contributed by atoms with Crippen molar-refractivity contribution in [2.75, 3.05) is 24.2 Å². The summed E-state index contributed by atoms with van der Waals surface area (Å²) in [7, 11) is 0. The highest BCUT2D eigenvalue weighted by molar-refractivity contribution is 6.04. The summed E-state index contributed by atoms with van der Waals surface area (Å²) < 4.78 is 1.31. The first kappa shape index (κ1) is 21.5. The van der Waals surface area contributed by atoms with Crippen molar-refractivity contribution in [3.63, 3.8) is 0 Å². The Balaban J connectivity index is 1.59. The summed E-state index contributed by atoms with van der Waals surface area (Å²) >= 11 is 0. The topological polar surface area (TPSA) is 141 Å². The van der Waals surface area contributed by atoms with Gasteiger partial charge in [-0.1, -0.05) is 19.1 Å². The Morgan fingerprint density at radius 1 is 1.25 bits per heavy atom. The Hall–Kier alpha value is -3.72. The third-order valence-corrected chi connectivity index (χ3v) is 5.73. The molecular formula is C23H27N7O2. The second-order valence-corrected chi connectivity index (χ2v) is 7.88. The van der Waals surface area contributed by atoms with Crippen molar-refractivity contribution < 1.29 is 9.59 Å². The number of nitrogens with two attached hydrogens (primary N) is 2. The Labute approximate surface area is 186 Å². The van der Waals surface area contributed by atoms with E-state index in [9.17, 15) is 9.59 Å². The normalized spacial score (nSPS) is 16.0. The Morgan fingerprint density at radius 2 is 2.03 bits per heavy atom. The highest BCUT2D eigenvalue weighted by Gasteiger charge is 2.27. The van der Waals surface area contributed by atoms with Gasteiger partial charge in [-0.15, -0.1) is 0 Å². The van der Waals surface area contributed by atoms with E-state index in [0.29, 0.717) is 28.5 Å². The van der Waals surface area contributed by atoms with Crippen LogP contribution in [-0.4, -0.2) is 39.5 Å². The van der Waals surface area contributed by atoms with Gasteiger partial charge in [-0.2, -0.15) is 0 Å². The van der Waals surface area contributed by atoms with Crippen LogP contribution in [0.4, 0.5) is 5.82 Å². The Morgan fingerprint density at radius 3 is 2.69 bits per heavy atom. The van der Waals surface area contributed by atoms with Crippen LogP contribution >= 0.6 is 0 Å². The van der Waals surface area contributed by atoms with E-state index in [1.165, 1.54) is 4.68 Å². The maximum absolute atomic E-state index is 12.6. The van der Waals surface area contributed by atoms with Crippen LogP contribution < -0.4 is 22.2 Å². The quantitative estimate of drug-likeness (QED) is 0.439. The predicted molar refractivity (Wildman–Crippen MR) is 123 cm³/mol. The smallest absolute Gasteiger partial charge is 0.269 e. The number of primary amides is 1. The fourth-order valence-electron chi connectivity index (χ4n) is 3.98. The molecule has 0 radical (unpaired) electrons. The van der Waals surface area contributed by atoms with Gasteiger partial charge in [-0.3, -0.25) is 9.59 Å². The molecule has 6 N–H and O–H groups in total. The van der Waals surface area contributed by atoms with Crippen LogP contribution in [0.25, 0.3) is 11.3 Å². The molecule has 1 atom stereocenters. The van der Waals surface area contributed by atoms with Crippen molar-refractivity contribution in [2.24, 2.45) is 5.73 Å². The molecule has 9 nitrogen and oxygen atoms in total. The molecule has 3 aromatic rings. The number of amides is 2. The van der Waals surface area contributed by atoms with Crippen LogP contribution in [0.3, 0.4) is 0 Å². The van der Waals surface area contributed by atoms with Gasteiger partial charge in [0.2, 0.25) is 0 Å². The van der Waals surface area contributed by atoms with Crippen molar-refractivity contribution in [1.29, 1.82) is 0 Å². The van der Waals surface area contributed by atoms with E-state index in [1.54, 1.807) is 30.5 Å². The number of nitrogens with zero attached hydrogens (tertiary/aromatic N) is 3. The number of aromatic nitrogens is 3. The van der Waals surface area contributed by atoms with Crippen LogP contribution in [0.15, 0.2) is 42.6 Å². The molecule has 0 spiro atoms. The maximum Gasteiger partial charge on any atom is 0.269 e. The lowest BCUT2D eigenvalue weighted by atomic mass is 9.99. The lowest BCUT2D eigenvalue weighted by Crippen LogP contribution is -2.32. The van der Waals surface area contributed by atoms with Gasteiger partial charge in [-0.25, -0.2) is 14.6 Å². The van der Waals surface area contributed by atoms with E-state index in [4.69, 9.17) is 11.6 Å². The Kier molecular flexibility index (Phi) is 6.18. The van der Waals surface area contributed by atoms with Gasteiger partial charge in [0.25, 0.3) is 11.8 Å². The molecule has 4 rings (SSSR count). The number of nitrogen functional groups attached to an aromatic ring is 1. The first-order valence-electron chi connectivity index (χ1n) is 10.7. The molecule has 2 aromatic heterocycles. The van der Waals surface area contributed by atoms with Gasteiger partial charge in [0.15, 0.2) is 5.69 Å². The number of pyridine rings is 1. The third kappa shape index (κ3) is 4.33. The molecule has 0 bridgehead atoms. The minimum atomic E-state index is -0.645. The van der Waals surface area contributed by atoms with E-state index in [-0.39, 0.29) is 17.5 Å². The Bertz CT molecular complexity index is 1130. The van der Waals surface area contributed by atoms with E-state index in [2.05, 4.69) is 20.6 Å². The third-order valence-electron chi connectivity index (χ3n) is 5.73. The second-order valence-electron chi connectivity index (χ2n) is 7.88. The molecule has 32 heavy (non-hydrogen) atoms. The summed E-state index contributed by atoms with van der Waals surface area (Å²) in [5.74, 6) is 6.54. The van der Waals surface area contributed by atoms with Crippen LogP contribution in [0.5, 0.6) is 0 Å². The molecule has 9 heteroatoms. The summed E-state index contributed by atoms with van der Waals surface area (Å²) in [5.41, 5.74) is 8.41. The van der Waals surface area contributed by atoms with Gasteiger partial charge in [-0.05, 0) is 55.6 Å². The molecular weight excluding hydrogens is 406 g/mol. The van der Waals surface area contributed by atoms with Gasteiger partial charge in [0, 0.05) is 29.8 Å². The number of hydrogen-bond donors (Lipinski definition) is 4. The highest BCUT2D eigenvalue weighted by Crippen LogP contribution is 2.29. The van der Waals surface area contributed by atoms with E-state index >= 15 is 0 Å². The van der Waals surface area contributed by atoms with Crippen molar-refractivity contribution in [3.05, 3.63) is 65.2 Å². The molecule has 2 amide bonds. The molecule has 0 unspecified atom stereocenters. The van der Waals surface area contributed by atoms with Gasteiger partial charge in [0.1, 0.15) is 17.3 Å². The minimum Gasteiger partial charge on any atom is -0.364 e. The molecule has 0 saturated carbocycles. The average Bonchev–Trinajstić information content (AvgIpc) is 3.17. The van der Waals surface area contributed by atoms with Crippen molar-refractivity contribution in [3.8, 4) is 11.3 Å². The van der Waals surface area contributed by atoms with Gasteiger partial charge in [0.05, 0.1) is 0 Å². The van der Waals surface area contributed by atoms with Gasteiger partial charge < -0.3 is 22.2 Å². The molecule has 1 aromatic carbocycles. The SMILES string of the molecule is CCc1ccnc(NC(=O)c2ccc(-c3nc([C@@H]4CCCNC4)n(N)c3C(N)=O)cc2)c1. The van der Waals surface area contributed by atoms with Crippen LogP contribution in [0.1, 0.15) is 57.9 Å². The molecule has 1 aliphatic heterocycles. The summed E-state index contributed by atoms with van der Waals surface area (Å²) in [6, 6.07) is 10.6. The number of anilines is 1. The molecule has 166 valence electrons. The van der Waals surface area contributed by atoms with Crippen molar-refractivity contribution in [1.82, 2.24) is 20.0 Å². The van der Waals surface area contributed by atoms with Crippen molar-refractivity contribution >= 4 is 17.6 Å². The second kappa shape index (κ2) is 9.19. The summed E-state index contributed by atoms with van der Waals surface area (Å²) in [5, 5.41) is 6.14. The number of piperidine rings is 1. The molecule has 1 aliphatic rings. The first-order chi connectivity index (χ1) is 15.5. The minimum absolute atomic E-state index is 0.108. The number of rotatable bonds is 6. The number of benzene rings is 1. The predicted octanol–water partition coefficient (Wildman–Crippen LogP) is 2.04. The lowest BCUT2D eigenvalue weighted by Gasteiger charge is -2.22. The summed E-state index contributed by atoms with van der Waals surface area (Å²) in [6.07, 6.45) is 4.48. The summed E-state index contributed by atoms with van der Waals surface area (Å²) in [4.78, 5) is 33.6. The zero-order valence-electron chi connectivity index (χ0n) is 18.0. The summed E-state index contributed by atoms with van der Waals surface area (Å²) in [6.45, 7) is 3.75. The first-order valence-corrected chi connectivity index (χ1v) is 10.7. The molecule has 3 heterocycles. The number of aryl methyl sites for hydroxylation is 1. The maximum atomic E-state index is 12.6. The van der Waals surface area contributed by atoms with Crippen LogP contribution in [0, 0.1) is 0 Å². The molecule has 1 saturated heterocycles. The molecule has 0 aliphatic carbocycles. The van der Waals surface area contributed by atoms with E-state index < -0.39 is 5.91 Å². The van der Waals surface area contributed by atoms with Crippen LogP contribution in [0.2, 0.25) is 0 Å². The number of carbonyl (C=O) groups excluding carboxylic acids is 2. The van der Waals surface area contributed by atoms with Gasteiger partial charge >= 0.3 is 0 Å². The number of nitrogens with one attached hydrogen (secondary N) is 2. The number of hydrogen-bond acceptors (Lipinski definition) is 6. The zero-order chi connectivity index (χ0) is 22.7. The lowest BCUT2D eigenvalue weighted by molar-refractivity contribution is 0.0991. The van der Waals surface area contributed by atoms with Crippen LogP contribution in [-0.2, 0) is 6.42 Å². The number of imidazole rings is 1. The number of carbonyl (C=O) groups is 2. The van der Waals surface area contributed by atoms with E-state index in [1.807, 2.05) is 19.1 Å². The standard InChI is InChI=1S/C23H27N7O2/c1-2-14-9-11-27-18(12-14)28-23(32)16-7-5-15(6-8-16)19-20(21(24)31)30(25)22(29-19)17-4-3-10-26-13-17/h5-9,11-12,17,26H,2-4,10,13,25H2,1H3,(H2,24,31)(H,27,28,32)/t17-/m1/s1. The monoisotopic (exact) mass is 433 g/mol. The fraction of sp³-hybridized carbons (Fsp3) is 0.304. The van der Waals surface area contributed by atoms with E-state index in [0.717, 1.165) is 37.9 Å². The highest BCUT2D eigenvalue weighted by atomic mass is 16.2. The average molecular weight is 434 g/mol. The molecule has 1 fully saturated rings. The van der Waals surface area contributed by atoms with Crippen molar-refractivity contribution in [2.45, 2.75) is 32.1 Å². The zero-order valence-corrected chi connectivity index (χ0v) is 18.0.